The third kappa shape index (κ3) is 4.50. The molecular weight excluding hydrogens is 424 g/mol. The van der Waals surface area contributed by atoms with Crippen molar-refractivity contribution in [2.24, 2.45) is 11.8 Å². The molecule has 6 heteroatoms. The summed E-state index contributed by atoms with van der Waals surface area (Å²) in [7, 11) is 0. The SMILES string of the molecule is O=C(C1CCN(CC2CC(Br)C(Br)CC2O)CC1)N1CCCC1. The highest BCUT2D eigenvalue weighted by Crippen LogP contribution is 2.35. The minimum absolute atomic E-state index is 0.211. The summed E-state index contributed by atoms with van der Waals surface area (Å²) in [5, 5.41) is 10.3. The largest absolute Gasteiger partial charge is 0.393 e. The van der Waals surface area contributed by atoms with Crippen molar-refractivity contribution in [2.45, 2.75) is 54.3 Å². The topological polar surface area (TPSA) is 43.8 Å². The maximum atomic E-state index is 12.5. The first-order valence-electron chi connectivity index (χ1n) is 9.02. The van der Waals surface area contributed by atoms with Crippen LogP contribution in [0.1, 0.15) is 38.5 Å². The van der Waals surface area contributed by atoms with Crippen LogP contribution < -0.4 is 0 Å². The van der Waals surface area contributed by atoms with E-state index in [1.807, 2.05) is 0 Å². The van der Waals surface area contributed by atoms with Gasteiger partial charge in [0, 0.05) is 35.2 Å². The van der Waals surface area contributed by atoms with Crippen LogP contribution in [0, 0.1) is 11.8 Å². The summed E-state index contributed by atoms with van der Waals surface area (Å²) in [4.78, 5) is 17.8. The number of halogens is 2. The predicted molar refractivity (Wildman–Crippen MR) is 99.1 cm³/mol. The van der Waals surface area contributed by atoms with E-state index in [2.05, 4.69) is 41.7 Å². The van der Waals surface area contributed by atoms with E-state index in [4.69, 9.17) is 0 Å². The molecule has 4 atom stereocenters. The molecule has 0 spiro atoms. The van der Waals surface area contributed by atoms with Crippen molar-refractivity contribution < 1.29 is 9.90 Å². The van der Waals surface area contributed by atoms with Crippen molar-refractivity contribution >= 4 is 37.8 Å². The summed E-state index contributed by atoms with van der Waals surface area (Å²) < 4.78 is 0. The Labute approximate surface area is 156 Å². The lowest BCUT2D eigenvalue weighted by Crippen LogP contribution is -2.46. The minimum atomic E-state index is -0.211. The highest BCUT2D eigenvalue weighted by Gasteiger charge is 2.36. The zero-order valence-corrected chi connectivity index (χ0v) is 16.8. The average Bonchev–Trinajstić information content (AvgIpc) is 3.07. The highest BCUT2D eigenvalue weighted by atomic mass is 79.9. The second-order valence-electron chi connectivity index (χ2n) is 7.44. The maximum absolute atomic E-state index is 12.5. The molecule has 3 aliphatic rings. The van der Waals surface area contributed by atoms with Crippen LogP contribution in [0.4, 0.5) is 0 Å². The molecule has 23 heavy (non-hydrogen) atoms. The molecule has 2 heterocycles. The molecule has 4 nitrogen and oxygen atoms in total. The second-order valence-corrected chi connectivity index (χ2v) is 9.79. The predicted octanol–water partition coefficient (Wildman–Crippen LogP) is 2.62. The number of nitrogens with zero attached hydrogens (tertiary/aromatic N) is 2. The van der Waals surface area contributed by atoms with Crippen molar-refractivity contribution in [2.75, 3.05) is 32.7 Å². The van der Waals surface area contributed by atoms with E-state index in [-0.39, 0.29) is 12.0 Å². The lowest BCUT2D eigenvalue weighted by Gasteiger charge is -2.39. The number of aliphatic hydroxyl groups is 1. The van der Waals surface area contributed by atoms with Crippen molar-refractivity contribution in [3.8, 4) is 0 Å². The lowest BCUT2D eigenvalue weighted by atomic mass is 9.85. The first-order chi connectivity index (χ1) is 11.0. The number of aliphatic hydroxyl groups excluding tert-OH is 1. The number of alkyl halides is 2. The van der Waals surface area contributed by atoms with Gasteiger partial charge in [0.25, 0.3) is 0 Å². The monoisotopic (exact) mass is 450 g/mol. The Morgan fingerprint density at radius 2 is 1.61 bits per heavy atom. The zero-order valence-electron chi connectivity index (χ0n) is 13.7. The number of amides is 1. The molecule has 3 fully saturated rings. The van der Waals surface area contributed by atoms with Gasteiger partial charge in [-0.3, -0.25) is 4.79 Å². The van der Waals surface area contributed by atoms with Crippen LogP contribution in [-0.4, -0.2) is 69.3 Å². The highest BCUT2D eigenvalue weighted by molar-refractivity contribution is 9.12. The number of hydrogen-bond acceptors (Lipinski definition) is 3. The van der Waals surface area contributed by atoms with Gasteiger partial charge in [-0.2, -0.15) is 0 Å². The Bertz CT molecular complexity index is 409. The fourth-order valence-electron chi connectivity index (χ4n) is 4.25. The van der Waals surface area contributed by atoms with Gasteiger partial charge in [-0.1, -0.05) is 31.9 Å². The number of likely N-dealkylation sites (tertiary alicyclic amines) is 2. The van der Waals surface area contributed by atoms with Gasteiger partial charge in [-0.05, 0) is 57.5 Å². The van der Waals surface area contributed by atoms with E-state index >= 15 is 0 Å². The van der Waals surface area contributed by atoms with Crippen LogP contribution in [0.2, 0.25) is 0 Å². The molecule has 1 N–H and O–H groups in total. The zero-order chi connectivity index (χ0) is 16.4. The van der Waals surface area contributed by atoms with Gasteiger partial charge in [0.1, 0.15) is 0 Å². The van der Waals surface area contributed by atoms with Crippen LogP contribution >= 0.6 is 31.9 Å². The Hall–Kier alpha value is 0.350. The van der Waals surface area contributed by atoms with E-state index in [9.17, 15) is 9.90 Å². The summed E-state index contributed by atoms with van der Waals surface area (Å²) in [6.45, 7) is 4.89. The quantitative estimate of drug-likeness (QED) is 0.670. The Morgan fingerprint density at radius 1 is 1.00 bits per heavy atom. The van der Waals surface area contributed by atoms with E-state index in [0.29, 0.717) is 21.5 Å². The second kappa shape index (κ2) is 8.15. The van der Waals surface area contributed by atoms with Gasteiger partial charge < -0.3 is 14.9 Å². The molecule has 0 bridgehead atoms. The van der Waals surface area contributed by atoms with Gasteiger partial charge in [0.2, 0.25) is 5.91 Å². The van der Waals surface area contributed by atoms with Crippen LogP contribution in [0.15, 0.2) is 0 Å². The molecule has 132 valence electrons. The first-order valence-corrected chi connectivity index (χ1v) is 10.8. The molecule has 2 aliphatic heterocycles. The van der Waals surface area contributed by atoms with Gasteiger partial charge in [0.05, 0.1) is 6.10 Å². The van der Waals surface area contributed by atoms with Crippen molar-refractivity contribution in [3.05, 3.63) is 0 Å². The van der Waals surface area contributed by atoms with Crippen LogP contribution in [0.25, 0.3) is 0 Å². The number of carbonyl (C=O) groups excluding carboxylic acids is 1. The van der Waals surface area contributed by atoms with Crippen molar-refractivity contribution in [1.82, 2.24) is 9.80 Å². The Morgan fingerprint density at radius 3 is 2.26 bits per heavy atom. The standard InChI is InChI=1S/C17H28Br2N2O2/c18-14-9-13(16(22)10-15(14)19)11-20-7-3-12(4-8-20)17(23)21-5-1-2-6-21/h12-16,22H,1-11H2. The maximum Gasteiger partial charge on any atom is 0.225 e. The fourth-order valence-corrected chi connectivity index (χ4v) is 5.55. The van der Waals surface area contributed by atoms with Crippen molar-refractivity contribution in [1.29, 1.82) is 0 Å². The Balaban J connectivity index is 1.44. The molecule has 1 aliphatic carbocycles. The summed E-state index contributed by atoms with van der Waals surface area (Å²) in [5.41, 5.74) is 0. The molecule has 1 amide bonds. The smallest absolute Gasteiger partial charge is 0.225 e. The molecule has 0 radical (unpaired) electrons. The molecule has 0 aromatic rings. The van der Waals surface area contributed by atoms with Gasteiger partial charge in [-0.15, -0.1) is 0 Å². The van der Waals surface area contributed by atoms with E-state index in [0.717, 1.165) is 58.4 Å². The van der Waals surface area contributed by atoms with Gasteiger partial charge in [0.15, 0.2) is 0 Å². The lowest BCUT2D eigenvalue weighted by molar-refractivity contribution is -0.136. The average molecular weight is 452 g/mol. The van der Waals surface area contributed by atoms with E-state index in [1.54, 1.807) is 0 Å². The number of piperidine rings is 1. The third-order valence-electron chi connectivity index (χ3n) is 5.78. The normalized spacial score (nSPS) is 37.3. The summed E-state index contributed by atoms with van der Waals surface area (Å²) in [6, 6.07) is 0. The fraction of sp³-hybridized carbons (Fsp3) is 0.941. The van der Waals surface area contributed by atoms with Crippen LogP contribution in [-0.2, 0) is 4.79 Å². The van der Waals surface area contributed by atoms with Gasteiger partial charge >= 0.3 is 0 Å². The van der Waals surface area contributed by atoms with Gasteiger partial charge in [-0.25, -0.2) is 0 Å². The first kappa shape index (κ1) is 18.2. The summed E-state index contributed by atoms with van der Waals surface area (Å²) in [6.07, 6.45) is 5.94. The van der Waals surface area contributed by atoms with Crippen LogP contribution in [0.5, 0.6) is 0 Å². The molecule has 0 aromatic heterocycles. The van der Waals surface area contributed by atoms with Crippen LogP contribution in [0.3, 0.4) is 0 Å². The summed E-state index contributed by atoms with van der Waals surface area (Å²) >= 11 is 7.37. The molecule has 4 unspecified atom stereocenters. The molecule has 1 saturated carbocycles. The van der Waals surface area contributed by atoms with Crippen molar-refractivity contribution in [3.63, 3.8) is 0 Å². The molecule has 0 aromatic carbocycles. The molecular formula is C17H28Br2N2O2. The molecule has 2 saturated heterocycles. The van der Waals surface area contributed by atoms with E-state index < -0.39 is 0 Å². The summed E-state index contributed by atoms with van der Waals surface area (Å²) in [5.74, 6) is 0.970. The third-order valence-corrected chi connectivity index (χ3v) is 8.51. The number of carbonyl (C=O) groups is 1. The molecule has 3 rings (SSSR count). The Kier molecular flexibility index (Phi) is 6.43. The number of hydrogen-bond donors (Lipinski definition) is 1. The minimum Gasteiger partial charge on any atom is -0.393 e. The van der Waals surface area contributed by atoms with E-state index in [1.165, 1.54) is 12.8 Å². The number of rotatable bonds is 3.